The number of rotatable bonds is 4. The highest BCUT2D eigenvalue weighted by Crippen LogP contribution is 2.19. The Balaban J connectivity index is 1.57. The zero-order chi connectivity index (χ0) is 9.64. The van der Waals surface area contributed by atoms with Crippen LogP contribution in [0.4, 0.5) is 0 Å². The molecule has 14 heavy (non-hydrogen) atoms. The fourth-order valence-electron chi connectivity index (χ4n) is 2.43. The van der Waals surface area contributed by atoms with E-state index in [-0.39, 0.29) is 0 Å². The summed E-state index contributed by atoms with van der Waals surface area (Å²) in [7, 11) is 0. The highest BCUT2D eigenvalue weighted by Gasteiger charge is 2.12. The van der Waals surface area contributed by atoms with E-state index in [1.165, 1.54) is 58.2 Å². The molecule has 2 N–H and O–H groups in total. The summed E-state index contributed by atoms with van der Waals surface area (Å²) in [6, 6.07) is 0.728. The lowest BCUT2D eigenvalue weighted by molar-refractivity contribution is 0.392. The minimum Gasteiger partial charge on any atom is -0.315 e. The third kappa shape index (κ3) is 3.10. The molecule has 2 aliphatic rings. The largest absolute Gasteiger partial charge is 0.315 e. The van der Waals surface area contributed by atoms with Crippen LogP contribution in [-0.2, 0) is 0 Å². The Bertz CT molecular complexity index is 192. The van der Waals surface area contributed by atoms with Crippen LogP contribution in [0, 0.1) is 0 Å². The van der Waals surface area contributed by atoms with Gasteiger partial charge in [0.2, 0.25) is 0 Å². The summed E-state index contributed by atoms with van der Waals surface area (Å²) in [5.41, 5.74) is 1.68. The van der Waals surface area contributed by atoms with Crippen molar-refractivity contribution in [2.45, 2.75) is 44.6 Å². The molecule has 1 aliphatic heterocycles. The van der Waals surface area contributed by atoms with Crippen molar-refractivity contribution < 1.29 is 0 Å². The topological polar surface area (TPSA) is 24.1 Å². The Morgan fingerprint density at radius 2 is 2.43 bits per heavy atom. The van der Waals surface area contributed by atoms with Gasteiger partial charge in [-0.2, -0.15) is 0 Å². The zero-order valence-electron chi connectivity index (χ0n) is 9.02. The van der Waals surface area contributed by atoms with Gasteiger partial charge in [-0.25, -0.2) is 0 Å². The van der Waals surface area contributed by atoms with E-state index < -0.39 is 0 Å². The van der Waals surface area contributed by atoms with Crippen molar-refractivity contribution in [3.8, 4) is 0 Å². The maximum Gasteiger partial charge on any atom is 0.0193 e. The van der Waals surface area contributed by atoms with Crippen LogP contribution in [-0.4, -0.2) is 25.7 Å². The fraction of sp³-hybridized carbons (Fsp3) is 0.833. The Hall–Kier alpha value is -0.340. The van der Waals surface area contributed by atoms with Gasteiger partial charge in [0, 0.05) is 12.6 Å². The van der Waals surface area contributed by atoms with Crippen molar-refractivity contribution in [3.63, 3.8) is 0 Å². The summed E-state index contributed by atoms with van der Waals surface area (Å²) in [4.78, 5) is 0. The van der Waals surface area contributed by atoms with Gasteiger partial charge in [-0.3, -0.25) is 0 Å². The first-order chi connectivity index (χ1) is 6.95. The molecule has 0 aromatic rings. The summed E-state index contributed by atoms with van der Waals surface area (Å²) >= 11 is 0. The van der Waals surface area contributed by atoms with Crippen molar-refractivity contribution in [2.75, 3.05) is 19.6 Å². The van der Waals surface area contributed by atoms with Gasteiger partial charge >= 0.3 is 0 Å². The predicted octanol–water partition coefficient (Wildman–Crippen LogP) is 1.83. The van der Waals surface area contributed by atoms with Gasteiger partial charge < -0.3 is 10.6 Å². The van der Waals surface area contributed by atoms with E-state index in [2.05, 4.69) is 16.7 Å². The van der Waals surface area contributed by atoms with Crippen LogP contribution >= 0.6 is 0 Å². The average Bonchev–Trinajstić information content (AvgIpc) is 2.72. The second-order valence-electron chi connectivity index (χ2n) is 4.50. The van der Waals surface area contributed by atoms with Crippen molar-refractivity contribution in [2.24, 2.45) is 0 Å². The highest BCUT2D eigenvalue weighted by molar-refractivity contribution is 5.07. The Morgan fingerprint density at radius 3 is 3.14 bits per heavy atom. The predicted molar refractivity (Wildman–Crippen MR) is 60.4 cm³/mol. The average molecular weight is 194 g/mol. The quantitative estimate of drug-likeness (QED) is 0.667. The van der Waals surface area contributed by atoms with E-state index in [4.69, 9.17) is 0 Å². The van der Waals surface area contributed by atoms with Gasteiger partial charge in [-0.1, -0.05) is 11.6 Å². The van der Waals surface area contributed by atoms with Crippen molar-refractivity contribution >= 4 is 0 Å². The SMILES string of the molecule is C1=C(CCNC2CCCNC2)CCC1. The van der Waals surface area contributed by atoms with E-state index >= 15 is 0 Å². The third-order valence-corrected chi connectivity index (χ3v) is 3.31. The molecule has 80 valence electrons. The van der Waals surface area contributed by atoms with E-state index in [1.54, 1.807) is 5.57 Å². The normalized spacial score (nSPS) is 27.7. The highest BCUT2D eigenvalue weighted by atomic mass is 15.0. The lowest BCUT2D eigenvalue weighted by Gasteiger charge is -2.23. The van der Waals surface area contributed by atoms with Crippen LogP contribution in [0.1, 0.15) is 38.5 Å². The van der Waals surface area contributed by atoms with Crippen molar-refractivity contribution in [3.05, 3.63) is 11.6 Å². The second-order valence-corrected chi connectivity index (χ2v) is 4.50. The maximum atomic E-state index is 3.65. The van der Waals surface area contributed by atoms with Gasteiger partial charge in [0.05, 0.1) is 0 Å². The molecule has 1 saturated heterocycles. The van der Waals surface area contributed by atoms with Crippen LogP contribution in [0.5, 0.6) is 0 Å². The molecule has 0 saturated carbocycles. The minimum absolute atomic E-state index is 0.728. The second kappa shape index (κ2) is 5.52. The molecule has 1 aliphatic carbocycles. The fourth-order valence-corrected chi connectivity index (χ4v) is 2.43. The van der Waals surface area contributed by atoms with Crippen molar-refractivity contribution in [1.29, 1.82) is 0 Å². The number of hydrogen-bond acceptors (Lipinski definition) is 2. The molecule has 1 fully saturated rings. The third-order valence-electron chi connectivity index (χ3n) is 3.31. The lowest BCUT2D eigenvalue weighted by Crippen LogP contribution is -2.43. The monoisotopic (exact) mass is 194 g/mol. The van der Waals surface area contributed by atoms with Gasteiger partial charge in [-0.05, 0) is 51.6 Å². The van der Waals surface area contributed by atoms with Crippen LogP contribution in [0.3, 0.4) is 0 Å². The summed E-state index contributed by atoms with van der Waals surface area (Å²) < 4.78 is 0. The first-order valence-corrected chi connectivity index (χ1v) is 6.07. The first-order valence-electron chi connectivity index (χ1n) is 6.07. The summed E-state index contributed by atoms with van der Waals surface area (Å²) in [5.74, 6) is 0. The molecule has 2 heteroatoms. The van der Waals surface area contributed by atoms with Crippen LogP contribution in [0.25, 0.3) is 0 Å². The smallest absolute Gasteiger partial charge is 0.0193 e. The van der Waals surface area contributed by atoms with E-state index in [1.807, 2.05) is 0 Å². The molecule has 0 bridgehead atoms. The molecule has 0 aromatic carbocycles. The van der Waals surface area contributed by atoms with Crippen LogP contribution in [0.15, 0.2) is 11.6 Å². The molecular weight excluding hydrogens is 172 g/mol. The summed E-state index contributed by atoms with van der Waals surface area (Å²) in [5, 5.41) is 7.08. The number of hydrogen-bond donors (Lipinski definition) is 2. The van der Waals surface area contributed by atoms with Crippen molar-refractivity contribution in [1.82, 2.24) is 10.6 Å². The number of allylic oxidation sites excluding steroid dienone is 1. The van der Waals surface area contributed by atoms with E-state index in [9.17, 15) is 0 Å². The number of nitrogens with one attached hydrogen (secondary N) is 2. The number of piperidine rings is 1. The Kier molecular flexibility index (Phi) is 4.02. The molecule has 0 aromatic heterocycles. The Morgan fingerprint density at radius 1 is 1.43 bits per heavy atom. The molecule has 0 spiro atoms. The van der Waals surface area contributed by atoms with Crippen LogP contribution in [0.2, 0.25) is 0 Å². The molecule has 0 amide bonds. The van der Waals surface area contributed by atoms with Gasteiger partial charge in [0.15, 0.2) is 0 Å². The minimum atomic E-state index is 0.728. The summed E-state index contributed by atoms with van der Waals surface area (Å²) in [6.45, 7) is 3.56. The van der Waals surface area contributed by atoms with Gasteiger partial charge in [0.1, 0.15) is 0 Å². The van der Waals surface area contributed by atoms with E-state index in [0.717, 1.165) is 6.04 Å². The van der Waals surface area contributed by atoms with E-state index in [0.29, 0.717) is 0 Å². The van der Waals surface area contributed by atoms with Gasteiger partial charge in [0.25, 0.3) is 0 Å². The zero-order valence-corrected chi connectivity index (χ0v) is 9.02. The first kappa shape index (κ1) is 10.2. The van der Waals surface area contributed by atoms with Crippen LogP contribution < -0.4 is 10.6 Å². The molecule has 2 rings (SSSR count). The molecule has 1 atom stereocenters. The van der Waals surface area contributed by atoms with Gasteiger partial charge in [-0.15, -0.1) is 0 Å². The Labute approximate surface area is 87.2 Å². The molecule has 2 nitrogen and oxygen atoms in total. The summed E-state index contributed by atoms with van der Waals surface area (Å²) in [6.07, 6.45) is 10.5. The molecular formula is C12H22N2. The maximum absolute atomic E-state index is 3.65. The lowest BCUT2D eigenvalue weighted by atomic mass is 10.1. The molecule has 0 radical (unpaired) electrons. The molecule has 1 heterocycles. The standard InChI is InChI=1S/C12H22N2/c1-2-5-11(4-1)7-9-14-12-6-3-8-13-10-12/h4,12-14H,1-3,5-10H2. The molecule has 1 unspecified atom stereocenters.